The van der Waals surface area contributed by atoms with Crippen LogP contribution in [0.25, 0.3) is 22.1 Å². The predicted molar refractivity (Wildman–Crippen MR) is 309 cm³/mol. The fraction of sp³-hybridized carbons (Fsp3) is 0.250. The molecule has 17 nitrogen and oxygen atoms in total. The minimum atomic E-state index is -2.54. The Morgan fingerprint density at radius 2 is 1.03 bits per heavy atom. The summed E-state index contributed by atoms with van der Waals surface area (Å²) >= 11 is 6.10. The van der Waals surface area contributed by atoms with Gasteiger partial charge < -0.3 is 44.7 Å². The molecule has 2 saturated heterocycles. The highest BCUT2D eigenvalue weighted by atomic mass is 32.4. The van der Waals surface area contributed by atoms with Crippen molar-refractivity contribution in [1.82, 2.24) is 29.7 Å². The van der Waals surface area contributed by atoms with E-state index in [1.54, 1.807) is 24.3 Å². The van der Waals surface area contributed by atoms with Crippen LogP contribution in [0.2, 0.25) is 0 Å². The summed E-state index contributed by atoms with van der Waals surface area (Å²) in [6.07, 6.45) is 0.618. The van der Waals surface area contributed by atoms with Crippen LogP contribution in [-0.4, -0.2) is 72.1 Å². The van der Waals surface area contributed by atoms with E-state index in [0.717, 1.165) is 109 Å². The summed E-state index contributed by atoms with van der Waals surface area (Å²) in [5.41, 5.74) is 22.8. The monoisotopic (exact) mass is 1120 g/mol. The molecule has 8 aromatic rings. The number of nitrogens with zero attached hydrogens (tertiary/aromatic N) is 4. The molecule has 2 aliphatic heterocycles. The molecule has 4 heterocycles. The van der Waals surface area contributed by atoms with Gasteiger partial charge in [-0.2, -0.15) is 0 Å². The van der Waals surface area contributed by atoms with Crippen LogP contribution >= 0.6 is 30.9 Å². The number of fused-ring (bicyclic) bond motifs is 2. The zero-order chi connectivity index (χ0) is 59.6. The lowest BCUT2D eigenvalue weighted by molar-refractivity contribution is -0.119. The van der Waals surface area contributed by atoms with Crippen LogP contribution in [0.1, 0.15) is 50.5 Å². The summed E-state index contributed by atoms with van der Waals surface area (Å²) in [6, 6.07) is 33.9. The molecule has 4 amide bonds. The maximum atomic E-state index is 11.9. The van der Waals surface area contributed by atoms with Crippen LogP contribution in [0.4, 0.5) is 21.0 Å². The Balaban J connectivity index is 0.000000206. The number of ether oxygens (including phenoxy) is 4. The molecule has 6 aromatic carbocycles. The molecule has 2 unspecified atom stereocenters. The molecule has 10 rings (SSSR count). The van der Waals surface area contributed by atoms with Crippen molar-refractivity contribution in [3.05, 3.63) is 154 Å². The second-order valence-corrected chi connectivity index (χ2v) is 21.4. The van der Waals surface area contributed by atoms with E-state index in [-0.39, 0.29) is 29.4 Å². The van der Waals surface area contributed by atoms with Gasteiger partial charge in [0.05, 0.1) is 38.0 Å². The van der Waals surface area contributed by atoms with Crippen LogP contribution in [0.3, 0.4) is 0 Å². The van der Waals surface area contributed by atoms with E-state index in [4.69, 9.17) is 42.3 Å². The van der Waals surface area contributed by atoms with Crippen molar-refractivity contribution in [1.29, 1.82) is 1.43 Å². The Morgan fingerprint density at radius 3 is 1.40 bits per heavy atom. The van der Waals surface area contributed by atoms with Crippen LogP contribution in [0, 0.1) is 27.7 Å². The third kappa shape index (κ3) is 14.5. The highest BCUT2D eigenvalue weighted by molar-refractivity contribution is 8.15. The molecule has 2 atom stereocenters. The summed E-state index contributed by atoms with van der Waals surface area (Å²) in [5, 5.41) is 4.96. The summed E-state index contributed by atoms with van der Waals surface area (Å²) in [6.45, 7) is 10.3. The third-order valence-electron chi connectivity index (χ3n) is 12.3. The second-order valence-electron chi connectivity index (χ2n) is 17.7. The number of nitrogens with one attached hydrogen (secondary N) is 2. The number of nitrogen functional groups attached to an aromatic ring is 2. The van der Waals surface area contributed by atoms with E-state index in [2.05, 4.69) is 32.5 Å². The summed E-state index contributed by atoms with van der Waals surface area (Å²) in [7, 11) is 2.34. The van der Waals surface area contributed by atoms with Crippen molar-refractivity contribution in [2.75, 3.05) is 25.2 Å². The van der Waals surface area contributed by atoms with Crippen molar-refractivity contribution in [2.45, 2.75) is 64.2 Å². The van der Waals surface area contributed by atoms with Gasteiger partial charge in [-0.05, 0) is 161 Å². The number of aromatic nitrogens is 4. The summed E-state index contributed by atoms with van der Waals surface area (Å²) in [5.74, 6) is 4.92. The Morgan fingerprint density at radius 1 is 0.636 bits per heavy atom. The van der Waals surface area contributed by atoms with Crippen LogP contribution in [0.15, 0.2) is 109 Å². The standard InChI is InChI=1S/2C27H26N4O4S.CH4O.CH3PS/c2*1-15-10-20(11-16(2)25(15)28)35-19-8-9-21-22(13-19)31(3)24(29-21)14-34-18-6-4-17(5-7-18)12-23-26(32)30-27(33)36-23;1-2;1-2-3/h2*4-11,13,23H,12,14,28H2,1-3H3,(H,30,32,33);2H,1H3;1H3/i23D;;1D3,2D;. The zero-order valence-electron chi connectivity index (χ0n) is 48.1. The van der Waals surface area contributed by atoms with Gasteiger partial charge in [-0.15, -0.1) is 0 Å². The lowest BCUT2D eigenvalue weighted by Gasteiger charge is -2.11. The molecule has 77 heavy (non-hydrogen) atoms. The number of amides is 4. The van der Waals surface area contributed by atoms with Gasteiger partial charge in [-0.1, -0.05) is 59.6 Å². The highest BCUT2D eigenvalue weighted by Gasteiger charge is 2.32. The Bertz CT molecular complexity index is 3640. The molecule has 21 heteroatoms. The van der Waals surface area contributed by atoms with Gasteiger partial charge in [0, 0.05) is 44.6 Å². The second kappa shape index (κ2) is 26.0. The van der Waals surface area contributed by atoms with Gasteiger partial charge in [0.2, 0.25) is 13.2 Å². The Kier molecular flexibility index (Phi) is 17.0. The predicted octanol–water partition coefficient (Wildman–Crippen LogP) is 10.7. The van der Waals surface area contributed by atoms with E-state index < -0.39 is 23.4 Å². The number of aliphatic hydroxyl groups is 1. The number of hydrogen-bond acceptors (Lipinski definition) is 16. The van der Waals surface area contributed by atoms with E-state index >= 15 is 0 Å². The minimum Gasteiger partial charge on any atom is -0.486 e. The number of benzene rings is 6. The topological polar surface area (TPSA) is 237 Å². The van der Waals surface area contributed by atoms with Crippen molar-refractivity contribution in [3.63, 3.8) is 0 Å². The van der Waals surface area contributed by atoms with Crippen molar-refractivity contribution in [3.8, 4) is 34.5 Å². The molecule has 0 spiro atoms. The number of aryl methyl sites for hydroxylation is 6. The number of imide groups is 2. The fourth-order valence-electron chi connectivity index (χ4n) is 8.19. The number of carbonyl (C=O) groups is 4. The smallest absolute Gasteiger partial charge is 0.286 e. The SMILES string of the molecule is CP=S.Cc1cc(Oc2ccc3nc(COc4ccc(CC5SC(=O)NC5=O)cc4)n(C)c3c2)cc(C)c1N.[2H]C1(Cc2ccc(OCc3nc4ccc(Oc5cc(C)c(N)c(C)c5)cc4n3C)cc2)SC(=O)NC1=O.[2H]OC([2H])([2H])[2H]. The maximum absolute atomic E-state index is 11.9. The first-order valence-electron chi connectivity index (χ1n) is 26.1. The lowest BCUT2D eigenvalue weighted by atomic mass is 10.1. The van der Waals surface area contributed by atoms with E-state index in [1.165, 1.54) is 0 Å². The van der Waals surface area contributed by atoms with Gasteiger partial charge in [0.1, 0.15) is 59.4 Å². The maximum Gasteiger partial charge on any atom is 0.286 e. The van der Waals surface area contributed by atoms with Gasteiger partial charge >= 0.3 is 0 Å². The van der Waals surface area contributed by atoms with Crippen molar-refractivity contribution >= 4 is 98.4 Å². The molecule has 2 fully saturated rings. The number of rotatable bonds is 14. The van der Waals surface area contributed by atoms with Gasteiger partial charge in [0.25, 0.3) is 10.5 Å². The molecular formula is C56H59N8O9PS3. The summed E-state index contributed by atoms with van der Waals surface area (Å²) in [4.78, 5) is 55.9. The molecule has 0 saturated carbocycles. The molecule has 0 bridgehead atoms. The Hall–Kier alpha value is -7.48. The van der Waals surface area contributed by atoms with E-state index in [1.807, 2.05) is 143 Å². The largest absolute Gasteiger partial charge is 0.486 e. The quantitative estimate of drug-likeness (QED) is 0.0503. The van der Waals surface area contributed by atoms with Crippen molar-refractivity contribution in [2.24, 2.45) is 14.1 Å². The molecule has 0 radical (unpaired) electrons. The first kappa shape index (κ1) is 50.3. The highest BCUT2D eigenvalue weighted by Crippen LogP contribution is 2.33. The number of anilines is 2. The summed E-state index contributed by atoms with van der Waals surface area (Å²) < 4.78 is 60.4. The van der Waals surface area contributed by atoms with Crippen molar-refractivity contribution < 1.29 is 48.7 Å². The molecule has 2 aromatic heterocycles. The van der Waals surface area contributed by atoms with Gasteiger partial charge in [0.15, 0.2) is 0 Å². The van der Waals surface area contributed by atoms with Crippen LogP contribution in [0.5, 0.6) is 34.5 Å². The Labute approximate surface area is 468 Å². The van der Waals surface area contributed by atoms with E-state index in [9.17, 15) is 19.2 Å². The molecule has 0 aliphatic carbocycles. The number of nitrogens with two attached hydrogens (primary N) is 2. The van der Waals surface area contributed by atoms with Crippen LogP contribution in [-0.2, 0) is 61.5 Å². The number of thioether (sulfide) groups is 2. The lowest BCUT2D eigenvalue weighted by Crippen LogP contribution is -2.25. The van der Waals surface area contributed by atoms with Crippen LogP contribution < -0.4 is 41.0 Å². The average Bonchev–Trinajstić information content (AvgIpc) is 4.12. The minimum absolute atomic E-state index is 0.125. The average molecular weight is 1120 g/mol. The molecule has 2 aliphatic rings. The van der Waals surface area contributed by atoms with Gasteiger partial charge in [-0.25, -0.2) is 9.97 Å². The fourth-order valence-corrected chi connectivity index (χ4v) is 9.80. The van der Waals surface area contributed by atoms with E-state index in [0.29, 0.717) is 47.8 Å². The van der Waals surface area contributed by atoms with Gasteiger partial charge in [-0.3, -0.25) is 29.8 Å². The third-order valence-corrected chi connectivity index (χ3v) is 14.2. The molecular weight excluding hydrogens is 1060 g/mol. The number of imidazole rings is 2. The normalized spacial score (nSPS) is 16.8. The molecule has 7 N–H and O–H groups in total. The number of carbonyl (C=O) groups excluding carboxylic acids is 4. The number of hydrogen-bond donors (Lipinski definition) is 5. The molecule has 400 valence electrons. The first-order chi connectivity index (χ1) is 38.8. The first-order valence-corrected chi connectivity index (χ1v) is 27.8. The zero-order valence-corrected chi connectivity index (χ0v) is 46.4.